The summed E-state index contributed by atoms with van der Waals surface area (Å²) >= 11 is 3.34. The van der Waals surface area contributed by atoms with Crippen molar-refractivity contribution in [1.29, 1.82) is 0 Å². The van der Waals surface area contributed by atoms with Gasteiger partial charge >= 0.3 is 0 Å². The molecular weight excluding hydrogens is 344 g/mol. The molecule has 1 aromatic carbocycles. The van der Waals surface area contributed by atoms with Crippen LogP contribution in [0.4, 0.5) is 0 Å². The summed E-state index contributed by atoms with van der Waals surface area (Å²) in [5.74, 6) is -0.00278. The first-order valence-electron chi connectivity index (χ1n) is 6.27. The van der Waals surface area contributed by atoms with E-state index in [9.17, 15) is 13.2 Å². The summed E-state index contributed by atoms with van der Waals surface area (Å²) in [4.78, 5) is 12.6. The highest BCUT2D eigenvalue weighted by atomic mass is 79.9. The summed E-state index contributed by atoms with van der Waals surface area (Å²) < 4.78 is 24.1. The molecule has 1 fully saturated rings. The van der Waals surface area contributed by atoms with Crippen LogP contribution in [-0.2, 0) is 9.84 Å². The van der Waals surface area contributed by atoms with Crippen molar-refractivity contribution in [2.45, 2.75) is 12.5 Å². The third-order valence-corrected chi connectivity index (χ3v) is 5.51. The zero-order valence-corrected chi connectivity index (χ0v) is 13.8. The molecule has 0 bridgehead atoms. The second-order valence-corrected chi connectivity index (χ2v) is 8.21. The highest BCUT2D eigenvalue weighted by Gasteiger charge is 2.36. The number of carbonyl (C=O) groups is 1. The summed E-state index contributed by atoms with van der Waals surface area (Å²) in [6.07, 6.45) is 0.486. The van der Waals surface area contributed by atoms with Gasteiger partial charge in [0, 0.05) is 24.1 Å². The number of sulfone groups is 1. The van der Waals surface area contributed by atoms with E-state index >= 15 is 0 Å². The third-order valence-electron chi connectivity index (χ3n) is 3.26. The first-order chi connectivity index (χ1) is 9.30. The lowest BCUT2D eigenvalue weighted by Gasteiger charge is -2.33. The van der Waals surface area contributed by atoms with E-state index in [4.69, 9.17) is 0 Å². The zero-order chi connectivity index (χ0) is 14.9. The van der Waals surface area contributed by atoms with Crippen molar-refractivity contribution in [3.05, 3.63) is 34.3 Å². The van der Waals surface area contributed by atoms with Crippen LogP contribution < -0.4 is 0 Å². The minimum absolute atomic E-state index is 0.0327. The van der Waals surface area contributed by atoms with E-state index in [2.05, 4.69) is 15.9 Å². The van der Waals surface area contributed by atoms with Crippen LogP contribution in [0, 0.1) is 0 Å². The van der Waals surface area contributed by atoms with Gasteiger partial charge < -0.3 is 0 Å². The van der Waals surface area contributed by atoms with Crippen molar-refractivity contribution in [2.75, 3.05) is 25.6 Å². The molecule has 2 rings (SSSR count). The highest BCUT2D eigenvalue weighted by molar-refractivity contribution is 9.10. The number of carbonyl (C=O) groups excluding carboxylic acids is 1. The smallest absolute Gasteiger partial charge is 0.268 e. The lowest BCUT2D eigenvalue weighted by Crippen LogP contribution is -2.49. The van der Waals surface area contributed by atoms with E-state index in [-0.39, 0.29) is 23.5 Å². The van der Waals surface area contributed by atoms with Crippen molar-refractivity contribution >= 4 is 31.7 Å². The summed E-state index contributed by atoms with van der Waals surface area (Å²) in [6.45, 7) is 0. The number of hydrogen-bond donors (Lipinski definition) is 0. The molecule has 1 aliphatic rings. The standard InChI is InChI=1S/C13H17BrN2O3S/c1-15(2)16(12-6-7-20(18,19)9-12)13(17)10-4-3-5-11(14)8-10/h3-5,8,12H,6-7,9H2,1-2H3/t12-/m0/s1. The van der Waals surface area contributed by atoms with Crippen molar-refractivity contribution < 1.29 is 13.2 Å². The maximum Gasteiger partial charge on any atom is 0.268 e. The van der Waals surface area contributed by atoms with Crippen LogP contribution in [0.15, 0.2) is 28.7 Å². The molecular formula is C13H17BrN2O3S. The number of halogens is 1. The molecule has 0 radical (unpaired) electrons. The maximum absolute atomic E-state index is 12.6. The molecule has 5 nitrogen and oxygen atoms in total. The lowest BCUT2D eigenvalue weighted by atomic mass is 10.1. The zero-order valence-electron chi connectivity index (χ0n) is 11.4. The molecule has 20 heavy (non-hydrogen) atoms. The van der Waals surface area contributed by atoms with Crippen molar-refractivity contribution in [3.63, 3.8) is 0 Å². The third kappa shape index (κ3) is 3.39. The number of nitrogens with zero attached hydrogens (tertiary/aromatic N) is 2. The fourth-order valence-electron chi connectivity index (χ4n) is 2.40. The molecule has 1 aromatic rings. The minimum Gasteiger partial charge on any atom is -0.268 e. The molecule has 1 aliphatic heterocycles. The second-order valence-electron chi connectivity index (χ2n) is 5.06. The van der Waals surface area contributed by atoms with E-state index in [0.717, 1.165) is 4.47 Å². The van der Waals surface area contributed by atoms with Gasteiger partial charge in [-0.2, -0.15) is 0 Å². The summed E-state index contributed by atoms with van der Waals surface area (Å²) in [7, 11) is 0.474. The molecule has 7 heteroatoms. The van der Waals surface area contributed by atoms with Gasteiger partial charge in [-0.3, -0.25) is 9.80 Å². The van der Waals surface area contributed by atoms with Gasteiger partial charge in [0.1, 0.15) is 0 Å². The van der Waals surface area contributed by atoms with Crippen LogP contribution in [0.25, 0.3) is 0 Å². The van der Waals surface area contributed by atoms with Gasteiger partial charge in [0.15, 0.2) is 9.84 Å². The number of amides is 1. The first-order valence-corrected chi connectivity index (χ1v) is 8.88. The molecule has 1 saturated heterocycles. The van der Waals surface area contributed by atoms with E-state index < -0.39 is 9.84 Å². The number of benzene rings is 1. The molecule has 0 spiro atoms. The lowest BCUT2D eigenvalue weighted by molar-refractivity contribution is 0.00101. The van der Waals surface area contributed by atoms with Gasteiger partial charge in [0.2, 0.25) is 0 Å². The molecule has 0 saturated carbocycles. The van der Waals surface area contributed by atoms with Crippen LogP contribution in [0.2, 0.25) is 0 Å². The fraction of sp³-hybridized carbons (Fsp3) is 0.462. The Labute approximate surface area is 127 Å². The van der Waals surface area contributed by atoms with Gasteiger partial charge in [0.25, 0.3) is 5.91 Å². The molecule has 0 aromatic heterocycles. The topological polar surface area (TPSA) is 57.7 Å². The van der Waals surface area contributed by atoms with Gasteiger partial charge in [0.05, 0.1) is 17.5 Å². The predicted octanol–water partition coefficient (Wildman–Crippen LogP) is 1.56. The Morgan fingerprint density at radius 1 is 1.35 bits per heavy atom. The molecule has 110 valence electrons. The SMILES string of the molecule is CN(C)N(C(=O)c1cccc(Br)c1)[C@H]1CCS(=O)(=O)C1. The average Bonchev–Trinajstić information content (AvgIpc) is 2.69. The number of hydrogen-bond acceptors (Lipinski definition) is 4. The van der Waals surface area contributed by atoms with Crippen molar-refractivity contribution in [3.8, 4) is 0 Å². The Bertz CT molecular complexity index is 616. The Kier molecular flexibility index (Phi) is 4.51. The molecule has 1 heterocycles. The fourth-order valence-corrected chi connectivity index (χ4v) is 4.49. The average molecular weight is 361 g/mol. The van der Waals surface area contributed by atoms with Crippen molar-refractivity contribution in [2.24, 2.45) is 0 Å². The van der Waals surface area contributed by atoms with E-state index in [0.29, 0.717) is 12.0 Å². The maximum atomic E-state index is 12.6. The summed E-state index contributed by atoms with van der Waals surface area (Å²) in [5.41, 5.74) is 0.539. The predicted molar refractivity (Wildman–Crippen MR) is 81.1 cm³/mol. The molecule has 1 amide bonds. The molecule has 0 aliphatic carbocycles. The van der Waals surface area contributed by atoms with E-state index in [1.54, 1.807) is 37.3 Å². The van der Waals surface area contributed by atoms with Crippen LogP contribution in [0.5, 0.6) is 0 Å². The Morgan fingerprint density at radius 2 is 2.05 bits per heavy atom. The van der Waals surface area contributed by atoms with E-state index in [1.807, 2.05) is 6.07 Å². The number of rotatable bonds is 3. The largest absolute Gasteiger partial charge is 0.268 e. The Balaban J connectivity index is 2.28. The number of hydrazine groups is 1. The Hall–Kier alpha value is -0.920. The summed E-state index contributed by atoms with van der Waals surface area (Å²) in [5, 5.41) is 3.20. The first kappa shape index (κ1) is 15.5. The molecule has 0 unspecified atom stereocenters. The van der Waals surface area contributed by atoms with Crippen LogP contribution in [0.3, 0.4) is 0 Å². The minimum atomic E-state index is -3.03. The van der Waals surface area contributed by atoms with Crippen LogP contribution in [0.1, 0.15) is 16.8 Å². The normalized spacial score (nSPS) is 21.1. The van der Waals surface area contributed by atoms with Gasteiger partial charge in [-0.05, 0) is 24.6 Å². The highest BCUT2D eigenvalue weighted by Crippen LogP contribution is 2.22. The van der Waals surface area contributed by atoms with Crippen LogP contribution in [-0.4, -0.2) is 56.0 Å². The molecule has 1 atom stereocenters. The second kappa shape index (κ2) is 5.83. The summed E-state index contributed by atoms with van der Waals surface area (Å²) in [6, 6.07) is 6.81. The van der Waals surface area contributed by atoms with Crippen molar-refractivity contribution in [1.82, 2.24) is 10.0 Å². The van der Waals surface area contributed by atoms with E-state index in [1.165, 1.54) is 5.01 Å². The van der Waals surface area contributed by atoms with Gasteiger partial charge in [-0.25, -0.2) is 13.4 Å². The Morgan fingerprint density at radius 3 is 2.55 bits per heavy atom. The van der Waals surface area contributed by atoms with Crippen LogP contribution >= 0.6 is 15.9 Å². The van der Waals surface area contributed by atoms with Gasteiger partial charge in [-0.1, -0.05) is 22.0 Å². The monoisotopic (exact) mass is 360 g/mol. The molecule has 0 N–H and O–H groups in total. The quantitative estimate of drug-likeness (QED) is 0.767. The van der Waals surface area contributed by atoms with Gasteiger partial charge in [-0.15, -0.1) is 0 Å².